The summed E-state index contributed by atoms with van der Waals surface area (Å²) in [6.07, 6.45) is 4.93. The number of hydrogen-bond donors (Lipinski definition) is 2. The molecule has 0 aromatic heterocycles. The van der Waals surface area contributed by atoms with E-state index in [1.54, 1.807) is 27.7 Å². The lowest BCUT2D eigenvalue weighted by Gasteiger charge is -2.33. The van der Waals surface area contributed by atoms with Crippen molar-refractivity contribution in [3.63, 3.8) is 0 Å². The van der Waals surface area contributed by atoms with Crippen molar-refractivity contribution < 1.29 is 24.5 Å². The van der Waals surface area contributed by atoms with Crippen LogP contribution in [0.1, 0.15) is 92.9 Å². The molecule has 5 heteroatoms. The molecular weight excluding hydrogens is 308 g/mol. The topological polar surface area (TPSA) is 76.0 Å². The van der Waals surface area contributed by atoms with Crippen LogP contribution in [-0.4, -0.2) is 39.8 Å². The highest BCUT2D eigenvalue weighted by molar-refractivity contribution is 5.61. The molecule has 0 aliphatic rings. The SMILES string of the molecule is CCCCCC(OC(=O)OC(C)(C)C(O)CCCCC)C(C)(C)O. The van der Waals surface area contributed by atoms with E-state index in [4.69, 9.17) is 9.47 Å². The Kier molecular flexibility index (Phi) is 10.6. The molecule has 0 fully saturated rings. The van der Waals surface area contributed by atoms with E-state index >= 15 is 0 Å². The van der Waals surface area contributed by atoms with E-state index in [9.17, 15) is 15.0 Å². The van der Waals surface area contributed by atoms with E-state index in [0.717, 1.165) is 38.5 Å². The van der Waals surface area contributed by atoms with Gasteiger partial charge in [-0.1, -0.05) is 46.0 Å². The van der Waals surface area contributed by atoms with Gasteiger partial charge in [-0.15, -0.1) is 0 Å². The molecule has 2 unspecified atom stereocenters. The van der Waals surface area contributed by atoms with Gasteiger partial charge in [0.15, 0.2) is 0 Å². The minimum Gasteiger partial charge on any atom is -0.428 e. The number of aliphatic hydroxyl groups is 2. The molecule has 144 valence electrons. The van der Waals surface area contributed by atoms with Gasteiger partial charge in [-0.3, -0.25) is 0 Å². The molecule has 5 nitrogen and oxygen atoms in total. The summed E-state index contributed by atoms with van der Waals surface area (Å²) in [6, 6.07) is 0. The molecule has 0 spiro atoms. The zero-order valence-electron chi connectivity index (χ0n) is 16.4. The fraction of sp³-hybridized carbons (Fsp3) is 0.947. The Bertz CT molecular complexity index is 346. The smallest absolute Gasteiger partial charge is 0.428 e. The maximum absolute atomic E-state index is 12.1. The van der Waals surface area contributed by atoms with Crippen molar-refractivity contribution in [1.29, 1.82) is 0 Å². The van der Waals surface area contributed by atoms with Crippen molar-refractivity contribution in [2.75, 3.05) is 0 Å². The molecule has 0 rings (SSSR count). The summed E-state index contributed by atoms with van der Waals surface area (Å²) >= 11 is 0. The van der Waals surface area contributed by atoms with E-state index in [2.05, 4.69) is 13.8 Å². The zero-order valence-corrected chi connectivity index (χ0v) is 16.4. The van der Waals surface area contributed by atoms with E-state index in [0.29, 0.717) is 12.8 Å². The van der Waals surface area contributed by atoms with Gasteiger partial charge in [-0.2, -0.15) is 0 Å². The molecule has 0 aliphatic carbocycles. The Morgan fingerprint density at radius 3 is 1.92 bits per heavy atom. The van der Waals surface area contributed by atoms with Gasteiger partial charge < -0.3 is 19.7 Å². The van der Waals surface area contributed by atoms with Crippen LogP contribution in [0.5, 0.6) is 0 Å². The molecule has 0 bridgehead atoms. The normalized spacial score (nSPS) is 15.0. The average Bonchev–Trinajstić information content (AvgIpc) is 2.45. The molecule has 24 heavy (non-hydrogen) atoms. The molecule has 0 heterocycles. The maximum atomic E-state index is 12.1. The highest BCUT2D eigenvalue weighted by Crippen LogP contribution is 2.24. The Labute approximate surface area is 147 Å². The first kappa shape index (κ1) is 23.2. The van der Waals surface area contributed by atoms with Gasteiger partial charge in [-0.05, 0) is 47.0 Å². The van der Waals surface area contributed by atoms with Crippen molar-refractivity contribution in [3.05, 3.63) is 0 Å². The van der Waals surface area contributed by atoms with Gasteiger partial charge in [0.25, 0.3) is 0 Å². The van der Waals surface area contributed by atoms with Crippen LogP contribution in [0, 0.1) is 0 Å². The van der Waals surface area contributed by atoms with E-state index in [-0.39, 0.29) is 0 Å². The van der Waals surface area contributed by atoms with Gasteiger partial charge >= 0.3 is 6.16 Å². The number of carbonyl (C=O) groups excluding carboxylic acids is 1. The second-order valence-corrected chi connectivity index (χ2v) is 7.72. The Morgan fingerprint density at radius 1 is 0.958 bits per heavy atom. The molecule has 0 saturated heterocycles. The first-order valence-corrected chi connectivity index (χ1v) is 9.34. The molecule has 0 radical (unpaired) electrons. The van der Waals surface area contributed by atoms with Crippen molar-refractivity contribution in [3.8, 4) is 0 Å². The maximum Gasteiger partial charge on any atom is 0.509 e. The first-order valence-electron chi connectivity index (χ1n) is 9.34. The van der Waals surface area contributed by atoms with Crippen LogP contribution < -0.4 is 0 Å². The lowest BCUT2D eigenvalue weighted by Crippen LogP contribution is -2.44. The molecule has 0 amide bonds. The van der Waals surface area contributed by atoms with Crippen molar-refractivity contribution in [1.82, 2.24) is 0 Å². The number of unbranched alkanes of at least 4 members (excludes halogenated alkanes) is 4. The van der Waals surface area contributed by atoms with Crippen LogP contribution in [0.2, 0.25) is 0 Å². The number of carbonyl (C=O) groups is 1. The summed E-state index contributed by atoms with van der Waals surface area (Å²) in [5.74, 6) is 0. The minimum absolute atomic E-state index is 0.583. The highest BCUT2D eigenvalue weighted by Gasteiger charge is 2.35. The minimum atomic E-state index is -1.13. The summed E-state index contributed by atoms with van der Waals surface area (Å²) in [6.45, 7) is 10.8. The monoisotopic (exact) mass is 346 g/mol. The predicted molar refractivity (Wildman–Crippen MR) is 96.0 cm³/mol. The summed E-state index contributed by atoms with van der Waals surface area (Å²) in [5.41, 5.74) is -2.14. The molecule has 2 atom stereocenters. The summed E-state index contributed by atoms with van der Waals surface area (Å²) < 4.78 is 10.7. The van der Waals surface area contributed by atoms with Crippen molar-refractivity contribution in [2.45, 2.75) is 116 Å². The standard InChI is InChI=1S/C19H38O5/c1-7-9-11-13-15(20)19(5,6)24-17(21)23-16(18(3,4)22)14-12-10-8-2/h15-16,20,22H,7-14H2,1-6H3. The van der Waals surface area contributed by atoms with Gasteiger partial charge in [0.1, 0.15) is 11.7 Å². The van der Waals surface area contributed by atoms with Crippen LogP contribution in [0.4, 0.5) is 4.79 Å². The second kappa shape index (κ2) is 10.9. The Morgan fingerprint density at radius 2 is 1.46 bits per heavy atom. The van der Waals surface area contributed by atoms with Gasteiger partial charge in [0, 0.05) is 0 Å². The number of rotatable bonds is 12. The largest absolute Gasteiger partial charge is 0.509 e. The van der Waals surface area contributed by atoms with E-state index in [1.807, 2.05) is 0 Å². The van der Waals surface area contributed by atoms with Crippen LogP contribution in [0.3, 0.4) is 0 Å². The Hall–Kier alpha value is -0.810. The number of aliphatic hydroxyl groups excluding tert-OH is 1. The third-order valence-corrected chi connectivity index (χ3v) is 4.33. The Balaban J connectivity index is 4.58. The number of hydrogen-bond acceptors (Lipinski definition) is 5. The van der Waals surface area contributed by atoms with Crippen LogP contribution >= 0.6 is 0 Å². The second-order valence-electron chi connectivity index (χ2n) is 7.72. The zero-order chi connectivity index (χ0) is 18.8. The molecule has 0 aromatic carbocycles. The predicted octanol–water partition coefficient (Wildman–Crippen LogP) is 4.58. The van der Waals surface area contributed by atoms with Crippen LogP contribution in [0.25, 0.3) is 0 Å². The van der Waals surface area contributed by atoms with Crippen molar-refractivity contribution in [2.24, 2.45) is 0 Å². The van der Waals surface area contributed by atoms with Gasteiger partial charge in [0.2, 0.25) is 0 Å². The van der Waals surface area contributed by atoms with Crippen LogP contribution in [-0.2, 0) is 9.47 Å². The van der Waals surface area contributed by atoms with Gasteiger partial charge in [-0.25, -0.2) is 4.79 Å². The molecule has 0 saturated carbocycles. The summed E-state index contributed by atoms with van der Waals surface area (Å²) in [5, 5.41) is 20.4. The quantitative estimate of drug-likeness (QED) is 0.399. The van der Waals surface area contributed by atoms with Gasteiger partial charge in [0.05, 0.1) is 11.7 Å². The molecular formula is C19H38O5. The fourth-order valence-corrected chi connectivity index (χ4v) is 2.49. The average molecular weight is 347 g/mol. The lowest BCUT2D eigenvalue weighted by atomic mass is 9.96. The number of ether oxygens (including phenoxy) is 2. The third kappa shape index (κ3) is 9.48. The third-order valence-electron chi connectivity index (χ3n) is 4.33. The summed E-state index contributed by atoms with van der Waals surface area (Å²) in [7, 11) is 0. The molecule has 2 N–H and O–H groups in total. The molecule has 0 aromatic rings. The fourth-order valence-electron chi connectivity index (χ4n) is 2.49. The van der Waals surface area contributed by atoms with Crippen molar-refractivity contribution >= 4 is 6.16 Å². The van der Waals surface area contributed by atoms with Crippen LogP contribution in [0.15, 0.2) is 0 Å². The van der Waals surface area contributed by atoms with E-state index < -0.39 is 29.6 Å². The summed E-state index contributed by atoms with van der Waals surface area (Å²) in [4.78, 5) is 12.1. The highest BCUT2D eigenvalue weighted by atomic mass is 16.7. The van der Waals surface area contributed by atoms with E-state index in [1.165, 1.54) is 0 Å². The first-order chi connectivity index (χ1) is 11.0. The lowest BCUT2D eigenvalue weighted by molar-refractivity contribution is -0.121. The molecule has 0 aliphatic heterocycles.